The van der Waals surface area contributed by atoms with E-state index in [9.17, 15) is 4.79 Å². The number of nitrogens with one attached hydrogen (secondary N) is 1. The van der Waals surface area contributed by atoms with E-state index in [0.717, 1.165) is 62.1 Å². The molecular weight excluding hydrogens is 294 g/mol. The van der Waals surface area contributed by atoms with Gasteiger partial charge in [0.05, 0.1) is 5.69 Å². The number of carbonyl (C=O) groups excluding carboxylic acids is 1. The van der Waals surface area contributed by atoms with E-state index in [-0.39, 0.29) is 0 Å². The summed E-state index contributed by atoms with van der Waals surface area (Å²) < 4.78 is 0. The van der Waals surface area contributed by atoms with Gasteiger partial charge >= 0.3 is 0 Å². The highest BCUT2D eigenvalue weighted by atomic mass is 32.2. The molecule has 1 aromatic rings. The van der Waals surface area contributed by atoms with E-state index in [1.54, 1.807) is 11.8 Å². The van der Waals surface area contributed by atoms with E-state index >= 15 is 0 Å². The quantitative estimate of drug-likeness (QED) is 0.748. The van der Waals surface area contributed by atoms with Crippen molar-refractivity contribution in [3.8, 4) is 0 Å². The largest absolute Gasteiger partial charge is 0.343 e. The van der Waals surface area contributed by atoms with E-state index in [1.807, 2.05) is 29.3 Å². The summed E-state index contributed by atoms with van der Waals surface area (Å²) in [6, 6.07) is 5.97. The molecule has 1 fully saturated rings. The Morgan fingerprint density at radius 2 is 2.23 bits per heavy atom. The highest BCUT2D eigenvalue weighted by Gasteiger charge is 2.21. The second kappa shape index (κ2) is 9.85. The van der Waals surface area contributed by atoms with Gasteiger partial charge in [0.1, 0.15) is 0 Å². The van der Waals surface area contributed by atoms with Crippen molar-refractivity contribution in [3.05, 3.63) is 30.1 Å². The summed E-state index contributed by atoms with van der Waals surface area (Å²) in [6.07, 6.45) is 4.74. The van der Waals surface area contributed by atoms with Gasteiger partial charge in [-0.15, -0.1) is 0 Å². The van der Waals surface area contributed by atoms with Crippen LogP contribution in [-0.4, -0.2) is 47.7 Å². The molecule has 0 aliphatic carbocycles. The van der Waals surface area contributed by atoms with Gasteiger partial charge in [-0.05, 0) is 44.0 Å². The van der Waals surface area contributed by atoms with Gasteiger partial charge in [-0.1, -0.05) is 13.0 Å². The summed E-state index contributed by atoms with van der Waals surface area (Å²) in [6.45, 7) is 6.13. The maximum Gasteiger partial charge on any atom is 0.223 e. The molecule has 122 valence electrons. The van der Waals surface area contributed by atoms with E-state index in [1.165, 1.54) is 0 Å². The Morgan fingerprint density at radius 3 is 2.91 bits per heavy atom. The van der Waals surface area contributed by atoms with Crippen LogP contribution < -0.4 is 5.32 Å². The highest BCUT2D eigenvalue weighted by molar-refractivity contribution is 7.98. The Kier molecular flexibility index (Phi) is 7.74. The zero-order chi connectivity index (χ0) is 15.6. The van der Waals surface area contributed by atoms with Crippen LogP contribution >= 0.6 is 11.8 Å². The Labute approximate surface area is 138 Å². The van der Waals surface area contributed by atoms with Crippen molar-refractivity contribution in [2.24, 2.45) is 5.92 Å². The number of carbonyl (C=O) groups is 1. The van der Waals surface area contributed by atoms with Crippen LogP contribution in [0.2, 0.25) is 0 Å². The van der Waals surface area contributed by atoms with E-state index in [2.05, 4.69) is 17.2 Å². The number of pyridine rings is 1. The fourth-order valence-electron chi connectivity index (χ4n) is 2.71. The lowest BCUT2D eigenvalue weighted by Crippen LogP contribution is -2.40. The molecule has 0 atom stereocenters. The molecule has 1 aliphatic heterocycles. The molecule has 4 nitrogen and oxygen atoms in total. The normalized spacial score (nSPS) is 16.0. The minimum atomic E-state index is 0.315. The fraction of sp³-hybridized carbons (Fsp3) is 0.647. The summed E-state index contributed by atoms with van der Waals surface area (Å²) in [7, 11) is 0. The third-order valence-corrected chi connectivity index (χ3v) is 5.08. The van der Waals surface area contributed by atoms with Gasteiger partial charge < -0.3 is 10.2 Å². The lowest BCUT2D eigenvalue weighted by atomic mass is 9.96. The number of aromatic nitrogens is 1. The van der Waals surface area contributed by atoms with Crippen molar-refractivity contribution in [1.29, 1.82) is 0 Å². The number of amides is 1. The Balaban J connectivity index is 1.58. The molecular formula is C17H27N3OS. The summed E-state index contributed by atoms with van der Waals surface area (Å²) in [5.74, 6) is 2.82. The molecule has 2 rings (SSSR count). The smallest absolute Gasteiger partial charge is 0.223 e. The van der Waals surface area contributed by atoms with E-state index in [0.29, 0.717) is 12.3 Å². The molecule has 0 spiro atoms. The summed E-state index contributed by atoms with van der Waals surface area (Å²) in [4.78, 5) is 18.6. The van der Waals surface area contributed by atoms with Crippen molar-refractivity contribution >= 4 is 17.7 Å². The van der Waals surface area contributed by atoms with Crippen molar-refractivity contribution in [2.75, 3.05) is 31.9 Å². The molecule has 0 radical (unpaired) electrons. The summed E-state index contributed by atoms with van der Waals surface area (Å²) in [5.41, 5.74) is 1.09. The standard InChI is InChI=1S/C17H27N3OS/c1-2-18-13-15-6-10-20(11-7-15)17(21)8-12-22-14-16-5-3-4-9-19-16/h3-5,9,15,18H,2,6-8,10-14H2,1H3. The van der Waals surface area contributed by atoms with Gasteiger partial charge in [-0.3, -0.25) is 9.78 Å². The van der Waals surface area contributed by atoms with Crippen LogP contribution in [0, 0.1) is 5.92 Å². The number of likely N-dealkylation sites (tertiary alicyclic amines) is 1. The lowest BCUT2D eigenvalue weighted by molar-refractivity contribution is -0.132. The maximum atomic E-state index is 12.2. The second-order valence-corrected chi connectivity index (χ2v) is 6.86. The Hall–Kier alpha value is -1.07. The number of nitrogens with zero attached hydrogens (tertiary/aromatic N) is 2. The first kappa shape index (κ1) is 17.3. The third kappa shape index (κ3) is 5.97. The summed E-state index contributed by atoms with van der Waals surface area (Å²) in [5, 5.41) is 3.41. The van der Waals surface area contributed by atoms with Gasteiger partial charge in [0.2, 0.25) is 5.91 Å². The van der Waals surface area contributed by atoms with Gasteiger partial charge in [-0.2, -0.15) is 11.8 Å². The maximum absolute atomic E-state index is 12.2. The molecule has 5 heteroatoms. The zero-order valence-corrected chi connectivity index (χ0v) is 14.3. The van der Waals surface area contributed by atoms with Crippen LogP contribution in [0.25, 0.3) is 0 Å². The van der Waals surface area contributed by atoms with Crippen molar-refractivity contribution in [1.82, 2.24) is 15.2 Å². The monoisotopic (exact) mass is 321 g/mol. The number of piperidine rings is 1. The van der Waals surface area contributed by atoms with Crippen LogP contribution in [0.15, 0.2) is 24.4 Å². The molecule has 1 aliphatic rings. The van der Waals surface area contributed by atoms with Crippen molar-refractivity contribution in [2.45, 2.75) is 31.9 Å². The molecule has 1 saturated heterocycles. The third-order valence-electron chi connectivity index (χ3n) is 4.09. The number of thioether (sulfide) groups is 1. The predicted octanol–water partition coefficient (Wildman–Crippen LogP) is 2.55. The minimum Gasteiger partial charge on any atom is -0.343 e. The Morgan fingerprint density at radius 1 is 1.41 bits per heavy atom. The van der Waals surface area contributed by atoms with E-state index in [4.69, 9.17) is 0 Å². The average molecular weight is 321 g/mol. The van der Waals surface area contributed by atoms with Crippen LogP contribution in [0.1, 0.15) is 31.9 Å². The van der Waals surface area contributed by atoms with Crippen LogP contribution in [0.4, 0.5) is 0 Å². The molecule has 0 saturated carbocycles. The topological polar surface area (TPSA) is 45.2 Å². The highest BCUT2D eigenvalue weighted by Crippen LogP contribution is 2.18. The first-order chi connectivity index (χ1) is 10.8. The molecule has 1 N–H and O–H groups in total. The van der Waals surface area contributed by atoms with Gasteiger partial charge in [-0.25, -0.2) is 0 Å². The first-order valence-electron chi connectivity index (χ1n) is 8.25. The average Bonchev–Trinajstić information content (AvgIpc) is 2.58. The minimum absolute atomic E-state index is 0.315. The van der Waals surface area contributed by atoms with Gasteiger partial charge in [0.15, 0.2) is 0 Å². The molecule has 0 aromatic carbocycles. The Bertz CT molecular complexity index is 433. The van der Waals surface area contributed by atoms with Crippen LogP contribution in [-0.2, 0) is 10.5 Å². The molecule has 0 bridgehead atoms. The van der Waals surface area contributed by atoms with E-state index < -0.39 is 0 Å². The number of hydrogen-bond acceptors (Lipinski definition) is 4. The molecule has 2 heterocycles. The van der Waals surface area contributed by atoms with Crippen LogP contribution in [0.5, 0.6) is 0 Å². The van der Waals surface area contributed by atoms with Crippen LogP contribution in [0.3, 0.4) is 0 Å². The van der Waals surface area contributed by atoms with Gasteiger partial charge in [0.25, 0.3) is 0 Å². The van der Waals surface area contributed by atoms with Crippen molar-refractivity contribution < 1.29 is 4.79 Å². The first-order valence-corrected chi connectivity index (χ1v) is 9.41. The van der Waals surface area contributed by atoms with Crippen molar-refractivity contribution in [3.63, 3.8) is 0 Å². The SMILES string of the molecule is CCNCC1CCN(C(=O)CCSCc2ccccn2)CC1. The van der Waals surface area contributed by atoms with Gasteiger partial charge in [0, 0.05) is 37.2 Å². The molecule has 0 unspecified atom stereocenters. The zero-order valence-electron chi connectivity index (χ0n) is 13.5. The number of hydrogen-bond donors (Lipinski definition) is 1. The lowest BCUT2D eigenvalue weighted by Gasteiger charge is -2.32. The molecule has 1 amide bonds. The predicted molar refractivity (Wildman–Crippen MR) is 92.9 cm³/mol. The molecule has 1 aromatic heterocycles. The molecule has 22 heavy (non-hydrogen) atoms. The summed E-state index contributed by atoms with van der Waals surface area (Å²) >= 11 is 1.79. The second-order valence-electron chi connectivity index (χ2n) is 5.76. The fourth-order valence-corrected chi connectivity index (χ4v) is 3.56. The number of rotatable bonds is 8.